The molecule has 8 rings (SSSR count). The van der Waals surface area contributed by atoms with Gasteiger partial charge < -0.3 is 45.5 Å². The molecule has 0 bridgehead atoms. The van der Waals surface area contributed by atoms with Crippen LogP contribution in [0.5, 0.6) is 0 Å². The van der Waals surface area contributed by atoms with Crippen LogP contribution in [0.4, 0.5) is 5.69 Å². The lowest BCUT2D eigenvalue weighted by atomic mass is 9.71. The number of ether oxygens (including phenoxy) is 1. The zero-order valence-electron chi connectivity index (χ0n) is 44.1. The maximum Gasteiger partial charge on any atom is 0.268 e. The predicted molar refractivity (Wildman–Crippen MR) is 287 cm³/mol. The highest BCUT2D eigenvalue weighted by atomic mass is 32.1. The molecule has 5 aromatic rings. The summed E-state index contributed by atoms with van der Waals surface area (Å²) in [6.07, 6.45) is 2.35. The van der Waals surface area contributed by atoms with Gasteiger partial charge in [-0.05, 0) is 97.2 Å². The second kappa shape index (κ2) is 23.4. The Morgan fingerprint density at radius 1 is 0.867 bits per heavy atom. The number of hydrogen-bond acceptors (Lipinski definition) is 11. The van der Waals surface area contributed by atoms with Crippen LogP contribution in [-0.4, -0.2) is 123 Å². The topological polar surface area (TPSA) is 208 Å². The highest BCUT2D eigenvalue weighted by Gasteiger charge is 2.49. The van der Waals surface area contributed by atoms with Gasteiger partial charge in [-0.1, -0.05) is 69.3 Å². The van der Waals surface area contributed by atoms with Gasteiger partial charge in [-0.15, -0.1) is 11.3 Å². The monoisotopic (exact) mass is 1040 g/mol. The predicted octanol–water partition coefficient (Wildman–Crippen LogP) is 6.55. The summed E-state index contributed by atoms with van der Waals surface area (Å²) >= 11 is 1.57. The van der Waals surface area contributed by atoms with Gasteiger partial charge in [0.1, 0.15) is 17.8 Å². The van der Waals surface area contributed by atoms with Crippen LogP contribution in [0.3, 0.4) is 0 Å². The first-order valence-electron chi connectivity index (χ1n) is 25.9. The van der Waals surface area contributed by atoms with E-state index in [0.717, 1.165) is 65.2 Å². The fraction of sp³-hybridized carbons (Fsp3) is 0.456. The summed E-state index contributed by atoms with van der Waals surface area (Å²) in [5.74, 6) is -1.70. The Hall–Kier alpha value is -6.73. The van der Waals surface area contributed by atoms with E-state index in [2.05, 4.69) is 41.8 Å². The molecule has 18 heteroatoms. The van der Waals surface area contributed by atoms with Crippen molar-refractivity contribution in [2.75, 3.05) is 45.7 Å². The van der Waals surface area contributed by atoms with Crippen molar-refractivity contribution in [2.45, 2.75) is 123 Å². The third-order valence-corrected chi connectivity index (χ3v) is 15.7. The van der Waals surface area contributed by atoms with E-state index in [4.69, 9.17) is 4.74 Å². The molecule has 5 N–H and O–H groups in total. The summed E-state index contributed by atoms with van der Waals surface area (Å²) in [7, 11) is 3.50. The van der Waals surface area contributed by atoms with Crippen molar-refractivity contribution in [1.29, 1.82) is 0 Å². The number of β-amino-alcohol motifs (C(OH)–C–C–N with tert-alkyl or cyclic N) is 1. The van der Waals surface area contributed by atoms with Gasteiger partial charge in [-0.25, -0.2) is 4.98 Å². The largest absolute Gasteiger partial charge is 0.391 e. The SMILES string of the molecule is Cc1ncsc1-c1ccc([C@H](C)NC(=O)[C@@H]2C[C@@H](O)CN2C(=O)[C@@H](NC(=O)CCOCCC(=O)Nc2ccc(CNC(=O)c3ccc4n3CCN(Cc3ccc(C(=O)N(C)C)cc3)C43CCC3)cc2)C(C)(C)C)cc1. The summed E-state index contributed by atoms with van der Waals surface area (Å²) in [6, 6.07) is 24.8. The van der Waals surface area contributed by atoms with Crippen molar-refractivity contribution in [2.24, 2.45) is 5.41 Å². The first-order valence-corrected chi connectivity index (χ1v) is 26.8. The molecule has 6 amide bonds. The third kappa shape index (κ3) is 12.7. The van der Waals surface area contributed by atoms with Gasteiger partial charge in [-0.3, -0.25) is 33.7 Å². The van der Waals surface area contributed by atoms with Gasteiger partial charge in [-0.2, -0.15) is 0 Å². The van der Waals surface area contributed by atoms with Crippen LogP contribution in [0, 0.1) is 12.3 Å². The van der Waals surface area contributed by atoms with Gasteiger partial charge in [0.05, 0.1) is 53.4 Å². The number of aryl methyl sites for hydroxylation is 1. The number of amides is 6. The second-order valence-electron chi connectivity index (χ2n) is 21.4. The van der Waals surface area contributed by atoms with Crippen LogP contribution in [0.1, 0.15) is 121 Å². The minimum absolute atomic E-state index is 0.0174. The molecule has 17 nitrogen and oxygen atoms in total. The third-order valence-electron chi connectivity index (χ3n) is 14.7. The van der Waals surface area contributed by atoms with Crippen molar-refractivity contribution in [3.63, 3.8) is 0 Å². The lowest BCUT2D eigenvalue weighted by Crippen LogP contribution is -2.58. The van der Waals surface area contributed by atoms with Gasteiger partial charge >= 0.3 is 0 Å². The van der Waals surface area contributed by atoms with E-state index >= 15 is 0 Å². The van der Waals surface area contributed by atoms with E-state index in [1.165, 1.54) is 10.6 Å². The molecule has 398 valence electrons. The van der Waals surface area contributed by atoms with Gasteiger partial charge in [0.25, 0.3) is 11.8 Å². The van der Waals surface area contributed by atoms with Crippen molar-refractivity contribution < 1.29 is 38.6 Å². The van der Waals surface area contributed by atoms with Crippen molar-refractivity contribution in [3.8, 4) is 10.4 Å². The Labute approximate surface area is 443 Å². The summed E-state index contributed by atoms with van der Waals surface area (Å²) in [6.45, 7) is 11.9. The quantitative estimate of drug-likeness (QED) is 0.0564. The number of thiazole rings is 1. The maximum atomic E-state index is 14.1. The number of carbonyl (C=O) groups excluding carboxylic acids is 6. The average molecular weight is 1040 g/mol. The first kappa shape index (κ1) is 54.5. The van der Waals surface area contributed by atoms with Crippen LogP contribution in [0.15, 0.2) is 90.4 Å². The number of hydrogen-bond donors (Lipinski definition) is 5. The standard InChI is InChI=1S/C57H71N9O8S/c1-36(40-15-17-41(18-16-40)50-37(2)59-35-75-50)60-53(71)46-31-44(67)34-66(46)55(73)51(56(3,4)5)62-49(69)24-30-74-29-23-48(68)61-43-19-11-38(12-20-43)32-58-52(70)45-21-22-47-57(25-8-26-57)64(27-28-65(45)47)33-39-9-13-42(14-10-39)54(72)63(6)7/h9-22,35-36,44,46,51,67H,8,23-34H2,1-7H3,(H,58,70)(H,60,71)(H,61,68)(H,62,69)/t36-,44+,46-,51+/m0/s1. The maximum absolute atomic E-state index is 14.1. The fourth-order valence-electron chi connectivity index (χ4n) is 10.3. The number of aromatic nitrogens is 2. The average Bonchev–Trinajstić information content (AvgIpc) is 4.12. The van der Waals surface area contributed by atoms with Gasteiger partial charge in [0.2, 0.25) is 23.6 Å². The zero-order chi connectivity index (χ0) is 53.6. The number of fused-ring (bicyclic) bond motifs is 2. The van der Waals surface area contributed by atoms with E-state index in [9.17, 15) is 33.9 Å². The number of anilines is 1. The number of rotatable bonds is 19. The summed E-state index contributed by atoms with van der Waals surface area (Å²) in [4.78, 5) is 90.7. The van der Waals surface area contributed by atoms with Gasteiger partial charge in [0.15, 0.2) is 0 Å². The Bertz CT molecular complexity index is 2850. The molecule has 0 unspecified atom stereocenters. The number of nitrogens with one attached hydrogen (secondary N) is 4. The molecule has 1 saturated carbocycles. The highest BCUT2D eigenvalue weighted by molar-refractivity contribution is 7.13. The van der Waals surface area contributed by atoms with Crippen molar-refractivity contribution in [3.05, 3.63) is 130 Å². The Balaban J connectivity index is 0.746. The number of carbonyl (C=O) groups is 6. The number of likely N-dealkylation sites (tertiary alicyclic amines) is 1. The van der Waals surface area contributed by atoms with E-state index < -0.39 is 35.4 Å². The fourth-order valence-corrected chi connectivity index (χ4v) is 11.1. The molecule has 2 aliphatic heterocycles. The molecule has 3 aliphatic rings. The van der Waals surface area contributed by atoms with Gasteiger partial charge in [0, 0.05) is 76.6 Å². The molecule has 3 aromatic carbocycles. The summed E-state index contributed by atoms with van der Waals surface area (Å²) in [5.41, 5.74) is 8.94. The van der Waals surface area contributed by atoms with Crippen molar-refractivity contribution in [1.82, 2.24) is 40.2 Å². The molecule has 4 heterocycles. The molecule has 4 atom stereocenters. The molecule has 0 radical (unpaired) electrons. The van der Waals surface area contributed by atoms with E-state index in [1.54, 1.807) is 42.5 Å². The highest BCUT2D eigenvalue weighted by Crippen LogP contribution is 2.49. The molecular formula is C57H71N9O8S. The molecular weight excluding hydrogens is 971 g/mol. The van der Waals surface area contributed by atoms with Crippen LogP contribution in [0.25, 0.3) is 10.4 Å². The first-order chi connectivity index (χ1) is 35.8. The molecule has 2 fully saturated rings. The molecule has 1 aliphatic carbocycles. The van der Waals surface area contributed by atoms with Crippen molar-refractivity contribution >= 4 is 52.5 Å². The lowest BCUT2D eigenvalue weighted by molar-refractivity contribution is -0.144. The summed E-state index contributed by atoms with van der Waals surface area (Å²) in [5, 5.41) is 22.5. The van der Waals surface area contributed by atoms with Crippen LogP contribution >= 0.6 is 11.3 Å². The zero-order valence-corrected chi connectivity index (χ0v) is 44.9. The lowest BCUT2D eigenvalue weighted by Gasteiger charge is -2.53. The number of aliphatic hydroxyl groups excluding tert-OH is 1. The van der Waals surface area contributed by atoms with E-state index in [-0.39, 0.29) is 74.2 Å². The van der Waals surface area contributed by atoms with Crippen LogP contribution in [0.2, 0.25) is 0 Å². The minimum Gasteiger partial charge on any atom is -0.391 e. The number of benzene rings is 3. The summed E-state index contributed by atoms with van der Waals surface area (Å²) < 4.78 is 7.82. The second-order valence-corrected chi connectivity index (χ2v) is 22.2. The molecule has 75 heavy (non-hydrogen) atoms. The molecule has 1 spiro atoms. The Morgan fingerprint density at radius 3 is 2.17 bits per heavy atom. The van der Waals surface area contributed by atoms with E-state index in [0.29, 0.717) is 30.0 Å². The van der Waals surface area contributed by atoms with E-state index in [1.807, 2.05) is 107 Å². The Morgan fingerprint density at radius 2 is 1.55 bits per heavy atom. The smallest absolute Gasteiger partial charge is 0.268 e. The molecule has 1 saturated heterocycles. The molecule has 2 aromatic heterocycles. The minimum atomic E-state index is -0.985. The number of aliphatic hydroxyl groups is 1. The normalized spacial score (nSPS) is 17.8. The Kier molecular flexibility index (Phi) is 17.0. The van der Waals surface area contributed by atoms with Crippen LogP contribution in [-0.2, 0) is 49.1 Å². The van der Waals surface area contributed by atoms with Crippen LogP contribution < -0.4 is 21.3 Å². The number of nitrogens with zero attached hydrogens (tertiary/aromatic N) is 5.